The largest absolute Gasteiger partial charge is 0.328 e. The summed E-state index contributed by atoms with van der Waals surface area (Å²) in [6, 6.07) is 5.66. The second kappa shape index (κ2) is 11.4. The van der Waals surface area contributed by atoms with Gasteiger partial charge in [0.2, 0.25) is 0 Å². The number of hydrogen-bond donors (Lipinski definition) is 2. The molecule has 0 aliphatic rings. The Morgan fingerprint density at radius 2 is 1.44 bits per heavy atom. The van der Waals surface area contributed by atoms with E-state index in [2.05, 4.69) is 16.9 Å². The van der Waals surface area contributed by atoms with Crippen LogP contribution in [0.5, 0.6) is 0 Å². The van der Waals surface area contributed by atoms with Crippen LogP contribution in [0, 0.1) is 0 Å². The van der Waals surface area contributed by atoms with E-state index in [1.807, 2.05) is 12.1 Å². The fourth-order valence-corrected chi connectivity index (χ4v) is 3.99. The number of rotatable bonds is 14. The molecule has 0 bridgehead atoms. The highest BCUT2D eigenvalue weighted by molar-refractivity contribution is 7.85. The molecule has 2 rings (SSSR count). The van der Waals surface area contributed by atoms with E-state index in [0.717, 1.165) is 18.4 Å². The minimum atomic E-state index is -4.30. The summed E-state index contributed by atoms with van der Waals surface area (Å²) in [5, 5.41) is -0.375. The lowest BCUT2D eigenvalue weighted by molar-refractivity contribution is 0.476. The molecule has 1 aromatic carbocycles. The second-order valence-electron chi connectivity index (χ2n) is 7.47. The molecule has 6 heteroatoms. The molecule has 0 spiro atoms. The van der Waals surface area contributed by atoms with Crippen LogP contribution in [0.25, 0.3) is 11.0 Å². The Kier molecular flexibility index (Phi) is 9.28. The van der Waals surface area contributed by atoms with Crippen molar-refractivity contribution < 1.29 is 13.0 Å². The number of hydrogen-bond acceptors (Lipinski definition) is 3. The van der Waals surface area contributed by atoms with Gasteiger partial charge in [0.1, 0.15) is 0 Å². The van der Waals surface area contributed by atoms with Crippen molar-refractivity contribution >= 4 is 21.2 Å². The molecular formula is C21H34N2O3S. The number of aryl methyl sites for hydroxylation is 1. The number of aromatic amines is 1. The van der Waals surface area contributed by atoms with Crippen molar-refractivity contribution in [3.05, 3.63) is 23.8 Å². The number of aromatic nitrogens is 2. The third kappa shape index (κ3) is 7.62. The van der Waals surface area contributed by atoms with Gasteiger partial charge in [-0.3, -0.25) is 4.55 Å². The standard InChI is InChI=1S/C21H34N2O3S/c1-2-3-4-5-6-7-8-9-10-11-12-13-15-18-16-14-17-19-20(18)23-21(22-19)27(24,25)26/h14,16-17H,2-13,15H2,1H3,(H,22,23)(H,24,25,26). The molecule has 0 radical (unpaired) electrons. The highest BCUT2D eigenvalue weighted by Crippen LogP contribution is 2.21. The maximum absolute atomic E-state index is 11.2. The van der Waals surface area contributed by atoms with Crippen molar-refractivity contribution in [2.24, 2.45) is 0 Å². The molecule has 1 heterocycles. The normalized spacial score (nSPS) is 12.1. The van der Waals surface area contributed by atoms with Crippen LogP contribution >= 0.6 is 0 Å². The van der Waals surface area contributed by atoms with Gasteiger partial charge < -0.3 is 4.98 Å². The summed E-state index contributed by atoms with van der Waals surface area (Å²) in [7, 11) is -4.30. The predicted molar refractivity (Wildman–Crippen MR) is 111 cm³/mol. The number of nitrogens with zero attached hydrogens (tertiary/aromatic N) is 1. The Morgan fingerprint density at radius 3 is 2.00 bits per heavy atom. The summed E-state index contributed by atoms with van der Waals surface area (Å²) >= 11 is 0. The molecule has 27 heavy (non-hydrogen) atoms. The van der Waals surface area contributed by atoms with E-state index >= 15 is 0 Å². The molecule has 0 atom stereocenters. The lowest BCUT2D eigenvalue weighted by Crippen LogP contribution is -1.99. The average Bonchev–Trinajstić information content (AvgIpc) is 3.08. The molecule has 0 fully saturated rings. The monoisotopic (exact) mass is 394 g/mol. The van der Waals surface area contributed by atoms with Crippen LogP contribution in [0.1, 0.15) is 89.5 Å². The SMILES string of the molecule is CCCCCCCCCCCCCCc1cccc2[nH]c(S(=O)(=O)O)nc12. The molecule has 0 saturated carbocycles. The molecule has 0 saturated heterocycles. The minimum Gasteiger partial charge on any atom is -0.327 e. The van der Waals surface area contributed by atoms with Gasteiger partial charge in [-0.1, -0.05) is 89.7 Å². The smallest absolute Gasteiger partial charge is 0.327 e. The molecule has 152 valence electrons. The number of nitrogens with one attached hydrogen (secondary N) is 1. The van der Waals surface area contributed by atoms with Crippen LogP contribution in [0.3, 0.4) is 0 Å². The summed E-state index contributed by atoms with van der Waals surface area (Å²) < 4.78 is 31.6. The summed E-state index contributed by atoms with van der Waals surface area (Å²) in [5.41, 5.74) is 2.33. The number of imidazole rings is 1. The second-order valence-corrected chi connectivity index (χ2v) is 8.81. The van der Waals surface area contributed by atoms with Gasteiger partial charge in [-0.25, -0.2) is 4.98 Å². The first-order valence-electron chi connectivity index (χ1n) is 10.5. The number of benzene rings is 1. The third-order valence-electron chi connectivity index (χ3n) is 5.12. The Bertz CT molecular complexity index is 784. The van der Waals surface area contributed by atoms with E-state index in [1.54, 1.807) is 6.07 Å². The molecule has 2 aromatic rings. The average molecular weight is 395 g/mol. The highest BCUT2D eigenvalue weighted by Gasteiger charge is 2.16. The van der Waals surface area contributed by atoms with Crippen molar-refractivity contribution in [2.75, 3.05) is 0 Å². The van der Waals surface area contributed by atoms with Gasteiger partial charge in [-0.2, -0.15) is 8.42 Å². The molecule has 1 aromatic heterocycles. The summed E-state index contributed by atoms with van der Waals surface area (Å²) in [4.78, 5) is 6.74. The Labute approximate surface area is 163 Å². The van der Waals surface area contributed by atoms with Crippen LogP contribution in [-0.2, 0) is 16.5 Å². The first-order chi connectivity index (χ1) is 13.0. The Balaban J connectivity index is 1.63. The van der Waals surface area contributed by atoms with Gasteiger partial charge in [0.05, 0.1) is 11.0 Å². The molecule has 0 aliphatic heterocycles. The lowest BCUT2D eigenvalue weighted by Gasteiger charge is -2.04. The zero-order valence-electron chi connectivity index (χ0n) is 16.5. The van der Waals surface area contributed by atoms with Crippen molar-refractivity contribution in [3.63, 3.8) is 0 Å². The van der Waals surface area contributed by atoms with E-state index in [1.165, 1.54) is 70.6 Å². The number of fused-ring (bicyclic) bond motifs is 1. The van der Waals surface area contributed by atoms with E-state index in [4.69, 9.17) is 4.55 Å². The van der Waals surface area contributed by atoms with Crippen LogP contribution in [0.2, 0.25) is 0 Å². The number of unbranched alkanes of at least 4 members (excludes halogenated alkanes) is 11. The Hall–Kier alpha value is -1.40. The third-order valence-corrected chi connectivity index (χ3v) is 5.80. The topological polar surface area (TPSA) is 83.0 Å². The van der Waals surface area contributed by atoms with Crippen molar-refractivity contribution in [1.82, 2.24) is 9.97 Å². The molecular weight excluding hydrogens is 360 g/mol. The zero-order chi connectivity index (χ0) is 19.5. The van der Waals surface area contributed by atoms with E-state index in [9.17, 15) is 8.42 Å². The number of H-pyrrole nitrogens is 1. The molecule has 0 aliphatic carbocycles. The molecule has 2 N–H and O–H groups in total. The van der Waals surface area contributed by atoms with Crippen molar-refractivity contribution in [2.45, 2.75) is 95.6 Å². The van der Waals surface area contributed by atoms with Crippen molar-refractivity contribution in [1.29, 1.82) is 0 Å². The first-order valence-corrected chi connectivity index (χ1v) is 11.9. The molecule has 0 amide bonds. The van der Waals surface area contributed by atoms with Crippen LogP contribution < -0.4 is 0 Å². The summed E-state index contributed by atoms with van der Waals surface area (Å²) in [5.74, 6) is 0. The van der Waals surface area contributed by atoms with Crippen LogP contribution in [-0.4, -0.2) is 22.9 Å². The van der Waals surface area contributed by atoms with Gasteiger partial charge in [0, 0.05) is 0 Å². The van der Waals surface area contributed by atoms with Gasteiger partial charge >= 0.3 is 10.1 Å². The minimum absolute atomic E-state index is 0.375. The van der Waals surface area contributed by atoms with Gasteiger partial charge in [-0.15, -0.1) is 0 Å². The summed E-state index contributed by atoms with van der Waals surface area (Å²) in [6.45, 7) is 2.26. The van der Waals surface area contributed by atoms with E-state index < -0.39 is 10.1 Å². The predicted octanol–water partition coefficient (Wildman–Crippen LogP) is 6.05. The van der Waals surface area contributed by atoms with Crippen LogP contribution in [0.15, 0.2) is 23.4 Å². The molecule has 5 nitrogen and oxygen atoms in total. The fourth-order valence-electron chi connectivity index (χ4n) is 3.55. The molecule has 0 unspecified atom stereocenters. The maximum Gasteiger partial charge on any atom is 0.328 e. The summed E-state index contributed by atoms with van der Waals surface area (Å²) in [6.07, 6.45) is 16.6. The van der Waals surface area contributed by atoms with E-state index in [0.29, 0.717) is 11.0 Å². The quantitative estimate of drug-likeness (QED) is 0.302. The van der Waals surface area contributed by atoms with E-state index in [-0.39, 0.29) is 5.16 Å². The van der Waals surface area contributed by atoms with Gasteiger partial charge in [0.25, 0.3) is 5.16 Å². The van der Waals surface area contributed by atoms with Gasteiger partial charge in [0.15, 0.2) is 0 Å². The number of para-hydroxylation sites is 1. The van der Waals surface area contributed by atoms with Crippen molar-refractivity contribution in [3.8, 4) is 0 Å². The highest BCUT2D eigenvalue weighted by atomic mass is 32.2. The first kappa shape index (κ1) is 21.9. The Morgan fingerprint density at radius 1 is 0.889 bits per heavy atom. The fraction of sp³-hybridized carbons (Fsp3) is 0.667. The maximum atomic E-state index is 11.2. The zero-order valence-corrected chi connectivity index (χ0v) is 17.4. The van der Waals surface area contributed by atoms with Gasteiger partial charge in [-0.05, 0) is 24.5 Å². The lowest BCUT2D eigenvalue weighted by atomic mass is 10.0. The van der Waals surface area contributed by atoms with Crippen LogP contribution in [0.4, 0.5) is 0 Å².